The number of fused-ring (bicyclic) bond motifs is 6. The first-order valence-corrected chi connectivity index (χ1v) is 20.7. The van der Waals surface area contributed by atoms with Crippen LogP contribution in [0.15, 0.2) is 46.2 Å². The lowest BCUT2D eigenvalue weighted by Crippen LogP contribution is -2.33. The molecule has 9 rings (SSSR count). The Morgan fingerprint density at radius 3 is 1.53 bits per heavy atom. The Kier molecular flexibility index (Phi) is 10.1. The van der Waals surface area contributed by atoms with Crippen LogP contribution in [-0.2, 0) is 12.8 Å². The van der Waals surface area contributed by atoms with Crippen molar-refractivity contribution in [2.75, 3.05) is 13.2 Å². The maximum atomic E-state index is 12.5. The summed E-state index contributed by atoms with van der Waals surface area (Å²) in [5.74, 6) is 0.736. The van der Waals surface area contributed by atoms with Crippen LogP contribution in [0.25, 0.3) is 22.8 Å². The van der Waals surface area contributed by atoms with Crippen molar-refractivity contribution in [3.63, 3.8) is 0 Å². The highest BCUT2D eigenvalue weighted by atomic mass is 35.5. The largest absolute Gasteiger partial charge is 0.491 e. The minimum atomic E-state index is -1.23. The Labute approximate surface area is 342 Å². The first kappa shape index (κ1) is 39.8. The molecule has 0 radical (unpaired) electrons. The number of aromatic carboxylic acids is 2. The van der Waals surface area contributed by atoms with Crippen molar-refractivity contribution in [3.8, 4) is 34.3 Å². The van der Waals surface area contributed by atoms with Crippen LogP contribution in [0.2, 0.25) is 5.15 Å². The highest BCUT2D eigenvalue weighted by Gasteiger charge is 2.38. The highest BCUT2D eigenvalue weighted by Crippen LogP contribution is 2.49. The molecule has 2 atom stereocenters. The number of hydrogen-bond donors (Lipinski definition) is 2. The Bertz CT molecular complexity index is 2450. The van der Waals surface area contributed by atoms with E-state index in [0.29, 0.717) is 53.6 Å². The Hall–Kier alpha value is -4.97. The van der Waals surface area contributed by atoms with Gasteiger partial charge in [0.25, 0.3) is 0 Å². The van der Waals surface area contributed by atoms with Crippen molar-refractivity contribution >= 4 is 23.5 Å². The molecule has 0 aromatic carbocycles. The van der Waals surface area contributed by atoms with Crippen molar-refractivity contribution in [2.45, 2.75) is 111 Å². The van der Waals surface area contributed by atoms with Gasteiger partial charge in [-0.2, -0.15) is 0 Å². The summed E-state index contributed by atoms with van der Waals surface area (Å²) in [5.41, 5.74) is 4.00. The number of nitrogens with zero attached hydrogens (tertiary/aromatic N) is 4. The van der Waals surface area contributed by atoms with Crippen molar-refractivity contribution in [1.29, 1.82) is 0 Å². The minimum absolute atomic E-state index is 0.0172. The molecule has 2 N–H and O–H groups in total. The number of rotatable bonds is 9. The first-order valence-electron chi connectivity index (χ1n) is 20.4. The summed E-state index contributed by atoms with van der Waals surface area (Å²) < 4.78 is 15.9. The second kappa shape index (κ2) is 14.7. The smallest absolute Gasteiger partial charge is 0.341 e. The molecule has 5 aliphatic rings. The summed E-state index contributed by atoms with van der Waals surface area (Å²) in [4.78, 5) is 57.5. The van der Waals surface area contributed by atoms with Crippen molar-refractivity contribution in [3.05, 3.63) is 90.2 Å². The molecule has 4 aromatic heterocycles. The molecule has 3 fully saturated rings. The van der Waals surface area contributed by atoms with Gasteiger partial charge in [-0.3, -0.25) is 9.59 Å². The third-order valence-corrected chi connectivity index (χ3v) is 12.3. The summed E-state index contributed by atoms with van der Waals surface area (Å²) in [6.45, 7) is 14.1. The SMILES string of the molecule is CC(C)(C)[C@@H]1Cc2cc(OCC3CC3)c(C3CC3)nc2-c2cc(=O)c(C(=O)O)cn21.CC(C)(C)[C@@H]1Cc2cc(OCC3CC3)c(Cl)nc2-c2cc(=O)c(C(=O)O)cn21. The molecule has 2 aliphatic heterocycles. The molecule has 3 saturated carbocycles. The number of aromatic nitrogens is 4. The van der Waals surface area contributed by atoms with E-state index in [1.54, 1.807) is 0 Å². The fraction of sp³-hybridized carbons (Fsp3) is 0.511. The number of carbonyl (C=O) groups is 2. The molecule has 12 nitrogen and oxygen atoms in total. The zero-order valence-electron chi connectivity index (χ0n) is 33.9. The minimum Gasteiger partial charge on any atom is -0.491 e. The van der Waals surface area contributed by atoms with Gasteiger partial charge in [0, 0.05) is 42.5 Å². The molecule has 3 aliphatic carbocycles. The van der Waals surface area contributed by atoms with Crippen LogP contribution in [0.4, 0.5) is 0 Å². The number of hydrogen-bond acceptors (Lipinski definition) is 8. The Morgan fingerprint density at radius 1 is 0.690 bits per heavy atom. The van der Waals surface area contributed by atoms with E-state index in [9.17, 15) is 29.4 Å². The number of pyridine rings is 4. The molecule has 0 bridgehead atoms. The molecule has 0 unspecified atom stereocenters. The molecule has 0 saturated heterocycles. The van der Waals surface area contributed by atoms with Crippen LogP contribution < -0.4 is 20.3 Å². The summed E-state index contributed by atoms with van der Waals surface area (Å²) in [5, 5.41) is 19.1. The summed E-state index contributed by atoms with van der Waals surface area (Å²) >= 11 is 6.36. The second-order valence-corrected chi connectivity index (χ2v) is 19.3. The van der Waals surface area contributed by atoms with Crippen LogP contribution in [0.3, 0.4) is 0 Å². The van der Waals surface area contributed by atoms with Gasteiger partial charge < -0.3 is 28.8 Å². The molecule has 4 aromatic rings. The summed E-state index contributed by atoms with van der Waals surface area (Å²) in [6, 6.07) is 6.85. The number of ether oxygens (including phenoxy) is 2. The van der Waals surface area contributed by atoms with Crippen LogP contribution in [0.1, 0.15) is 136 Å². The van der Waals surface area contributed by atoms with Crippen molar-refractivity contribution < 1.29 is 29.3 Å². The molecule has 306 valence electrons. The van der Waals surface area contributed by atoms with Gasteiger partial charge in [0.1, 0.15) is 16.9 Å². The van der Waals surface area contributed by atoms with Gasteiger partial charge >= 0.3 is 11.9 Å². The summed E-state index contributed by atoms with van der Waals surface area (Å²) in [6.07, 6.45) is 11.4. The van der Waals surface area contributed by atoms with Crippen LogP contribution >= 0.6 is 11.6 Å². The van der Waals surface area contributed by atoms with E-state index in [2.05, 4.69) is 52.6 Å². The van der Waals surface area contributed by atoms with Crippen LogP contribution in [-0.4, -0.2) is 54.5 Å². The zero-order valence-corrected chi connectivity index (χ0v) is 34.7. The van der Waals surface area contributed by atoms with Gasteiger partial charge in [0.05, 0.1) is 41.7 Å². The average molecular weight is 811 g/mol. The van der Waals surface area contributed by atoms with E-state index in [1.807, 2.05) is 15.2 Å². The quantitative estimate of drug-likeness (QED) is 0.157. The van der Waals surface area contributed by atoms with E-state index in [-0.39, 0.29) is 39.2 Å². The van der Waals surface area contributed by atoms with Gasteiger partial charge in [-0.15, -0.1) is 0 Å². The third-order valence-electron chi connectivity index (χ3n) is 12.0. The summed E-state index contributed by atoms with van der Waals surface area (Å²) in [7, 11) is 0. The Morgan fingerprint density at radius 2 is 1.12 bits per heavy atom. The molecular weight excluding hydrogens is 760 g/mol. The maximum absolute atomic E-state index is 12.5. The van der Waals surface area contributed by atoms with Gasteiger partial charge in [-0.25, -0.2) is 19.6 Å². The van der Waals surface area contributed by atoms with Crippen LogP contribution in [0.5, 0.6) is 11.5 Å². The molecule has 58 heavy (non-hydrogen) atoms. The predicted molar refractivity (Wildman–Crippen MR) is 220 cm³/mol. The van der Waals surface area contributed by atoms with Gasteiger partial charge in [-0.1, -0.05) is 53.1 Å². The van der Waals surface area contributed by atoms with Gasteiger partial charge in [0.2, 0.25) is 0 Å². The molecule has 0 spiro atoms. The lowest BCUT2D eigenvalue weighted by atomic mass is 9.79. The number of halogens is 1. The van der Waals surface area contributed by atoms with E-state index >= 15 is 0 Å². The van der Waals surface area contributed by atoms with E-state index in [4.69, 9.17) is 26.1 Å². The van der Waals surface area contributed by atoms with E-state index in [0.717, 1.165) is 54.1 Å². The lowest BCUT2D eigenvalue weighted by molar-refractivity contribution is 0.0683. The van der Waals surface area contributed by atoms with Crippen molar-refractivity contribution in [1.82, 2.24) is 19.1 Å². The number of carboxylic acids is 2. The normalized spacial score (nSPS) is 19.4. The zero-order chi connectivity index (χ0) is 41.4. The Balaban J connectivity index is 0.000000162. The molecule has 6 heterocycles. The third kappa shape index (κ3) is 8.04. The second-order valence-electron chi connectivity index (χ2n) is 18.9. The molecular formula is C45H51ClN4O8. The monoisotopic (exact) mass is 810 g/mol. The topological polar surface area (TPSA) is 163 Å². The average Bonchev–Trinajstić information content (AvgIpc) is 3.99. The molecule has 13 heteroatoms. The maximum Gasteiger partial charge on any atom is 0.341 e. The van der Waals surface area contributed by atoms with Crippen molar-refractivity contribution in [2.24, 2.45) is 22.7 Å². The molecule has 0 amide bonds. The first-order chi connectivity index (χ1) is 27.4. The van der Waals surface area contributed by atoms with E-state index < -0.39 is 22.8 Å². The standard InChI is InChI=1S/C24H28N2O4.C21H23ClN2O4/c1-24(2,3)20-9-15-8-19(30-12-13-4-5-13)22(14-6-7-14)25-21(15)17-10-18(27)16(23(28)29)11-26(17)20;1-21(2,3)17-7-12-6-16(28-10-11-4-5-11)19(22)23-18(12)14-8-15(25)13(20(26)27)9-24(14)17/h8,10-11,13-14,20H,4-7,9,12H2,1-3H3,(H,28,29);6,8-9,11,17H,4-5,7,10H2,1-3H3,(H,26,27)/t20-;17-/m00/s1. The van der Waals surface area contributed by atoms with Gasteiger partial charge in [0.15, 0.2) is 21.8 Å². The fourth-order valence-corrected chi connectivity index (χ4v) is 8.23. The number of carboxylic acid groups (broad SMARTS) is 2. The van der Waals surface area contributed by atoms with Crippen LogP contribution in [0, 0.1) is 22.7 Å². The predicted octanol–water partition coefficient (Wildman–Crippen LogP) is 8.61. The van der Waals surface area contributed by atoms with E-state index in [1.165, 1.54) is 50.2 Å². The lowest BCUT2D eigenvalue weighted by Gasteiger charge is -2.38. The van der Waals surface area contributed by atoms with Gasteiger partial charge in [-0.05, 0) is 97.3 Å². The highest BCUT2D eigenvalue weighted by molar-refractivity contribution is 6.31. The fourth-order valence-electron chi connectivity index (χ4n) is 8.04.